The molecule has 0 aliphatic carbocycles. The zero-order chi connectivity index (χ0) is 10.6. The molecule has 0 aromatic heterocycles. The van der Waals surface area contributed by atoms with Gasteiger partial charge in [-0.2, -0.15) is 13.2 Å². The first-order valence-corrected chi connectivity index (χ1v) is 4.30. The summed E-state index contributed by atoms with van der Waals surface area (Å²) in [5.74, 6) is -1.49. The van der Waals surface area contributed by atoms with Crippen molar-refractivity contribution in [1.29, 1.82) is 0 Å². The minimum Gasteiger partial charge on any atom is -0.170 e. The van der Waals surface area contributed by atoms with Gasteiger partial charge >= 0.3 is 6.18 Å². The first-order valence-electron chi connectivity index (χ1n) is 4.30. The van der Waals surface area contributed by atoms with Gasteiger partial charge in [0.1, 0.15) is 0 Å². The third-order valence-corrected chi connectivity index (χ3v) is 1.90. The van der Waals surface area contributed by atoms with Crippen molar-refractivity contribution in [3.63, 3.8) is 0 Å². The van der Waals surface area contributed by atoms with E-state index >= 15 is 0 Å². The summed E-state index contributed by atoms with van der Waals surface area (Å²) in [7, 11) is 0. The molecular weight excluding hydrogens is 189 g/mol. The lowest BCUT2D eigenvalue weighted by atomic mass is 9.98. The van der Waals surface area contributed by atoms with Crippen LogP contribution in [-0.2, 0) is 0 Å². The second-order valence-electron chi connectivity index (χ2n) is 2.96. The second-order valence-corrected chi connectivity index (χ2v) is 2.96. The van der Waals surface area contributed by atoms with Crippen LogP contribution in [0.4, 0.5) is 13.2 Å². The number of hydrogen-bond acceptors (Lipinski definition) is 0. The number of rotatable bonds is 2. The summed E-state index contributed by atoms with van der Waals surface area (Å²) in [5, 5.41) is 0. The molecule has 3 heteroatoms. The summed E-state index contributed by atoms with van der Waals surface area (Å²) in [5.41, 5.74) is 0.276. The van der Waals surface area contributed by atoms with Gasteiger partial charge in [-0.05, 0) is 12.5 Å². The molecule has 0 saturated heterocycles. The zero-order valence-corrected chi connectivity index (χ0v) is 7.75. The molecule has 0 N–H and O–H groups in total. The molecule has 0 fully saturated rings. The lowest BCUT2D eigenvalue weighted by molar-refractivity contribution is -0.139. The van der Waals surface area contributed by atoms with Gasteiger partial charge in [0, 0.05) is 0 Å². The standard InChI is InChI=1S/C11H11F3/c1-2-6-10(11(12,13)14)9-7-4-3-5-8-9/h2-8,10H,1H3/b6-2+/t10-/m0/s1. The van der Waals surface area contributed by atoms with E-state index in [1.807, 2.05) is 0 Å². The molecule has 76 valence electrons. The number of allylic oxidation sites excluding steroid dienone is 2. The van der Waals surface area contributed by atoms with E-state index in [2.05, 4.69) is 0 Å². The number of hydrogen-bond donors (Lipinski definition) is 0. The minimum absolute atomic E-state index is 0.276. The predicted molar refractivity (Wildman–Crippen MR) is 50.1 cm³/mol. The van der Waals surface area contributed by atoms with E-state index in [1.165, 1.54) is 18.2 Å². The molecule has 0 nitrogen and oxygen atoms in total. The van der Waals surface area contributed by atoms with E-state index < -0.39 is 12.1 Å². The first-order chi connectivity index (χ1) is 6.55. The Hall–Kier alpha value is -1.25. The van der Waals surface area contributed by atoms with Gasteiger partial charge in [-0.15, -0.1) is 0 Å². The maximum atomic E-state index is 12.5. The highest BCUT2D eigenvalue weighted by Gasteiger charge is 2.38. The van der Waals surface area contributed by atoms with Crippen molar-refractivity contribution in [2.24, 2.45) is 0 Å². The molecule has 0 radical (unpaired) electrons. The van der Waals surface area contributed by atoms with Gasteiger partial charge in [0.15, 0.2) is 0 Å². The Morgan fingerprint density at radius 1 is 1.14 bits per heavy atom. The van der Waals surface area contributed by atoms with E-state index in [9.17, 15) is 13.2 Å². The van der Waals surface area contributed by atoms with E-state index in [1.54, 1.807) is 25.1 Å². The minimum atomic E-state index is -4.21. The average Bonchev–Trinajstić information content (AvgIpc) is 2.14. The van der Waals surface area contributed by atoms with Gasteiger partial charge in [-0.1, -0.05) is 42.5 Å². The number of halogens is 3. The van der Waals surface area contributed by atoms with Gasteiger partial charge in [-0.25, -0.2) is 0 Å². The molecule has 0 aliphatic rings. The fourth-order valence-corrected chi connectivity index (χ4v) is 1.26. The molecule has 1 rings (SSSR count). The van der Waals surface area contributed by atoms with Crippen LogP contribution < -0.4 is 0 Å². The molecule has 1 aromatic rings. The molecule has 14 heavy (non-hydrogen) atoms. The van der Waals surface area contributed by atoms with Crippen molar-refractivity contribution in [1.82, 2.24) is 0 Å². The summed E-state index contributed by atoms with van der Waals surface area (Å²) in [6, 6.07) is 7.89. The highest BCUT2D eigenvalue weighted by Crippen LogP contribution is 2.35. The third kappa shape index (κ3) is 2.62. The number of benzene rings is 1. The highest BCUT2D eigenvalue weighted by atomic mass is 19.4. The van der Waals surface area contributed by atoms with Crippen molar-refractivity contribution in [3.8, 4) is 0 Å². The molecule has 1 aromatic carbocycles. The maximum Gasteiger partial charge on any atom is 0.399 e. The second kappa shape index (κ2) is 4.31. The van der Waals surface area contributed by atoms with Crippen molar-refractivity contribution >= 4 is 0 Å². The third-order valence-electron chi connectivity index (χ3n) is 1.90. The molecule has 0 saturated carbocycles. The topological polar surface area (TPSA) is 0 Å². The van der Waals surface area contributed by atoms with Crippen LogP contribution in [0.15, 0.2) is 42.5 Å². The SMILES string of the molecule is C/C=C/[C@@H](c1ccccc1)C(F)(F)F. The molecule has 0 unspecified atom stereocenters. The Kier molecular flexibility index (Phi) is 3.33. The van der Waals surface area contributed by atoms with E-state index in [0.29, 0.717) is 0 Å². The van der Waals surface area contributed by atoms with Crippen molar-refractivity contribution < 1.29 is 13.2 Å². The van der Waals surface area contributed by atoms with Crippen LogP contribution >= 0.6 is 0 Å². The number of alkyl halides is 3. The smallest absolute Gasteiger partial charge is 0.170 e. The largest absolute Gasteiger partial charge is 0.399 e. The van der Waals surface area contributed by atoms with Gasteiger partial charge < -0.3 is 0 Å². The lowest BCUT2D eigenvalue weighted by Crippen LogP contribution is -2.18. The quantitative estimate of drug-likeness (QED) is 0.635. The van der Waals surface area contributed by atoms with E-state index in [0.717, 1.165) is 6.08 Å². The fraction of sp³-hybridized carbons (Fsp3) is 0.273. The first kappa shape index (κ1) is 10.8. The van der Waals surface area contributed by atoms with Crippen LogP contribution in [-0.4, -0.2) is 6.18 Å². The lowest BCUT2D eigenvalue weighted by Gasteiger charge is -2.16. The van der Waals surface area contributed by atoms with Crippen LogP contribution in [0.1, 0.15) is 18.4 Å². The van der Waals surface area contributed by atoms with Gasteiger partial charge in [0.05, 0.1) is 5.92 Å². The van der Waals surface area contributed by atoms with Crippen LogP contribution in [0.3, 0.4) is 0 Å². The molecule has 0 heterocycles. The summed E-state index contributed by atoms with van der Waals surface area (Å²) in [6.07, 6.45) is -1.63. The molecule has 0 aliphatic heterocycles. The zero-order valence-electron chi connectivity index (χ0n) is 7.75. The van der Waals surface area contributed by atoms with Crippen LogP contribution in [0.2, 0.25) is 0 Å². The Morgan fingerprint density at radius 2 is 1.71 bits per heavy atom. The van der Waals surface area contributed by atoms with Crippen LogP contribution in [0.5, 0.6) is 0 Å². The van der Waals surface area contributed by atoms with Crippen molar-refractivity contribution in [2.45, 2.75) is 19.0 Å². The van der Waals surface area contributed by atoms with Crippen LogP contribution in [0.25, 0.3) is 0 Å². The highest BCUT2D eigenvalue weighted by molar-refractivity contribution is 5.25. The maximum absolute atomic E-state index is 12.5. The molecule has 0 bridgehead atoms. The van der Waals surface area contributed by atoms with E-state index in [4.69, 9.17) is 0 Å². The Balaban J connectivity index is 3.01. The van der Waals surface area contributed by atoms with Gasteiger partial charge in [-0.3, -0.25) is 0 Å². The fourth-order valence-electron chi connectivity index (χ4n) is 1.26. The van der Waals surface area contributed by atoms with Crippen molar-refractivity contribution in [2.75, 3.05) is 0 Å². The average molecular weight is 200 g/mol. The summed E-state index contributed by atoms with van der Waals surface area (Å²) < 4.78 is 37.6. The normalized spacial score (nSPS) is 14.6. The Morgan fingerprint density at radius 3 is 2.14 bits per heavy atom. The summed E-state index contributed by atoms with van der Waals surface area (Å²) in [4.78, 5) is 0. The molecular formula is C11H11F3. The predicted octanol–water partition coefficient (Wildman–Crippen LogP) is 3.91. The Labute approximate surface area is 81.1 Å². The van der Waals surface area contributed by atoms with Gasteiger partial charge in [0.25, 0.3) is 0 Å². The molecule has 0 amide bonds. The molecule has 0 spiro atoms. The monoisotopic (exact) mass is 200 g/mol. The van der Waals surface area contributed by atoms with Crippen molar-refractivity contribution in [3.05, 3.63) is 48.0 Å². The molecule has 1 atom stereocenters. The summed E-state index contributed by atoms with van der Waals surface area (Å²) in [6.45, 7) is 1.58. The Bertz CT molecular complexity index is 298. The van der Waals surface area contributed by atoms with E-state index in [-0.39, 0.29) is 5.56 Å². The summed E-state index contributed by atoms with van der Waals surface area (Å²) >= 11 is 0. The van der Waals surface area contributed by atoms with Gasteiger partial charge in [0.2, 0.25) is 0 Å². The van der Waals surface area contributed by atoms with Crippen LogP contribution in [0, 0.1) is 0 Å².